The van der Waals surface area contributed by atoms with Gasteiger partial charge in [-0.05, 0) is 19.1 Å². The fourth-order valence-corrected chi connectivity index (χ4v) is 3.99. The van der Waals surface area contributed by atoms with Crippen LogP contribution in [0.3, 0.4) is 0 Å². The number of methoxy groups -OCH3 is 1. The van der Waals surface area contributed by atoms with Crippen LogP contribution in [0.5, 0.6) is 11.6 Å². The maximum Gasteiger partial charge on any atom is 0.259 e. The van der Waals surface area contributed by atoms with Crippen LogP contribution in [0.4, 0.5) is 0 Å². The predicted molar refractivity (Wildman–Crippen MR) is 125 cm³/mol. The van der Waals surface area contributed by atoms with E-state index in [1.54, 1.807) is 36.2 Å². The number of carbonyl (C=O) groups is 2. The monoisotopic (exact) mass is 455 g/mol. The van der Waals surface area contributed by atoms with Crippen LogP contribution in [0.15, 0.2) is 36.5 Å². The Hall–Kier alpha value is -3.13. The number of hydrogen-bond acceptors (Lipinski definition) is 6. The Bertz CT molecular complexity index is 996. The van der Waals surface area contributed by atoms with Gasteiger partial charge in [-0.15, -0.1) is 0 Å². The first-order valence-electron chi connectivity index (χ1n) is 11.3. The number of aliphatic hydroxyl groups excluding tert-OH is 1. The summed E-state index contributed by atoms with van der Waals surface area (Å²) < 4.78 is 11.7. The molecule has 1 aliphatic heterocycles. The number of amides is 2. The van der Waals surface area contributed by atoms with E-state index >= 15 is 0 Å². The van der Waals surface area contributed by atoms with Crippen molar-refractivity contribution in [1.29, 1.82) is 0 Å². The number of fused-ring (bicyclic) bond motifs is 1. The van der Waals surface area contributed by atoms with Crippen LogP contribution in [0, 0.1) is 5.92 Å². The Morgan fingerprint density at radius 1 is 1.36 bits per heavy atom. The number of aromatic nitrogens is 1. The van der Waals surface area contributed by atoms with Crippen LogP contribution in [-0.4, -0.2) is 77.7 Å². The van der Waals surface area contributed by atoms with Crippen LogP contribution >= 0.6 is 0 Å². The van der Waals surface area contributed by atoms with Crippen molar-refractivity contribution in [2.24, 2.45) is 5.92 Å². The molecule has 0 radical (unpaired) electrons. The van der Waals surface area contributed by atoms with Gasteiger partial charge in [0.1, 0.15) is 17.4 Å². The van der Waals surface area contributed by atoms with Crippen molar-refractivity contribution in [3.8, 4) is 22.8 Å². The van der Waals surface area contributed by atoms with Gasteiger partial charge in [0, 0.05) is 43.3 Å². The van der Waals surface area contributed by atoms with Crippen molar-refractivity contribution in [2.75, 3.05) is 33.9 Å². The SMILES string of the molecule is CCC(=O)N(C)C[C@@H]1Oc2ncc(-c3ccccc3OC)cc2C(=O)N([C@@H](C)CO)C[C@H]1C. The molecule has 3 rings (SSSR count). The van der Waals surface area contributed by atoms with E-state index in [0.29, 0.717) is 30.8 Å². The Balaban J connectivity index is 2.07. The van der Waals surface area contributed by atoms with Crippen LogP contribution in [0.2, 0.25) is 0 Å². The molecule has 2 aromatic rings. The molecule has 8 nitrogen and oxygen atoms in total. The standard InChI is InChI=1S/C25H33N3O5/c1-6-23(30)27(4)14-22-16(2)13-28(17(3)15-29)25(31)20-11-18(12-26-24(20)33-22)19-9-7-8-10-21(19)32-5/h7-12,16-17,22,29H,6,13-15H2,1-5H3/t16-,17+,22+/m1/s1. The highest BCUT2D eigenvalue weighted by molar-refractivity contribution is 5.98. The highest BCUT2D eigenvalue weighted by atomic mass is 16.5. The summed E-state index contributed by atoms with van der Waals surface area (Å²) in [5.41, 5.74) is 1.85. The maximum absolute atomic E-state index is 13.6. The van der Waals surface area contributed by atoms with E-state index in [-0.39, 0.29) is 42.4 Å². The zero-order valence-electron chi connectivity index (χ0n) is 19.9. The van der Waals surface area contributed by atoms with Crippen molar-refractivity contribution in [1.82, 2.24) is 14.8 Å². The number of carbonyl (C=O) groups excluding carboxylic acids is 2. The molecule has 2 heterocycles. The molecule has 2 amide bonds. The average molecular weight is 456 g/mol. The summed E-state index contributed by atoms with van der Waals surface area (Å²) in [5.74, 6) is 0.579. The molecule has 0 bridgehead atoms. The molecule has 8 heteroatoms. The summed E-state index contributed by atoms with van der Waals surface area (Å²) in [4.78, 5) is 33.5. The minimum absolute atomic E-state index is 0.0178. The minimum atomic E-state index is -0.378. The molecule has 0 fully saturated rings. The fourth-order valence-electron chi connectivity index (χ4n) is 3.99. The van der Waals surface area contributed by atoms with Gasteiger partial charge in [-0.3, -0.25) is 9.59 Å². The van der Waals surface area contributed by atoms with Crippen molar-refractivity contribution >= 4 is 11.8 Å². The van der Waals surface area contributed by atoms with Crippen LogP contribution in [0.1, 0.15) is 37.6 Å². The van der Waals surface area contributed by atoms with E-state index in [1.165, 1.54) is 0 Å². The van der Waals surface area contributed by atoms with Gasteiger partial charge in [0.2, 0.25) is 11.8 Å². The first-order valence-corrected chi connectivity index (χ1v) is 11.3. The summed E-state index contributed by atoms with van der Waals surface area (Å²) in [6.07, 6.45) is 1.70. The van der Waals surface area contributed by atoms with Crippen LogP contribution in [0.25, 0.3) is 11.1 Å². The third-order valence-corrected chi connectivity index (χ3v) is 6.12. The normalized spacial score (nSPS) is 19.1. The quantitative estimate of drug-likeness (QED) is 0.690. The second kappa shape index (κ2) is 10.7. The molecule has 1 N–H and O–H groups in total. The molecule has 0 unspecified atom stereocenters. The third-order valence-electron chi connectivity index (χ3n) is 6.12. The molecule has 1 aromatic carbocycles. The predicted octanol–water partition coefficient (Wildman–Crippen LogP) is 2.85. The summed E-state index contributed by atoms with van der Waals surface area (Å²) in [5, 5.41) is 9.81. The van der Waals surface area contributed by atoms with Crippen molar-refractivity contribution in [3.05, 3.63) is 42.1 Å². The Morgan fingerprint density at radius 3 is 2.76 bits per heavy atom. The second-order valence-corrected chi connectivity index (χ2v) is 8.53. The van der Waals surface area contributed by atoms with Gasteiger partial charge in [-0.2, -0.15) is 0 Å². The van der Waals surface area contributed by atoms with Crippen molar-refractivity contribution in [2.45, 2.75) is 39.3 Å². The van der Waals surface area contributed by atoms with E-state index in [9.17, 15) is 14.7 Å². The number of nitrogens with zero attached hydrogens (tertiary/aromatic N) is 3. The molecule has 0 aliphatic carbocycles. The van der Waals surface area contributed by atoms with Crippen molar-refractivity contribution < 1.29 is 24.2 Å². The molecule has 3 atom stereocenters. The number of benzene rings is 1. The second-order valence-electron chi connectivity index (χ2n) is 8.53. The van der Waals surface area contributed by atoms with Gasteiger partial charge >= 0.3 is 0 Å². The number of para-hydroxylation sites is 1. The molecular formula is C25H33N3O5. The molecule has 33 heavy (non-hydrogen) atoms. The highest BCUT2D eigenvalue weighted by Gasteiger charge is 2.34. The Kier molecular flexibility index (Phi) is 7.92. The Morgan fingerprint density at radius 2 is 2.09 bits per heavy atom. The zero-order chi connectivity index (χ0) is 24.1. The van der Waals surface area contributed by atoms with E-state index < -0.39 is 0 Å². The molecule has 0 saturated heterocycles. The highest BCUT2D eigenvalue weighted by Crippen LogP contribution is 2.34. The van der Waals surface area contributed by atoms with Gasteiger partial charge in [0.25, 0.3) is 5.91 Å². The smallest absolute Gasteiger partial charge is 0.259 e. The van der Waals surface area contributed by atoms with E-state index in [1.807, 2.05) is 45.0 Å². The van der Waals surface area contributed by atoms with Crippen LogP contribution in [-0.2, 0) is 4.79 Å². The molecule has 1 aliphatic rings. The molecule has 0 spiro atoms. The lowest BCUT2D eigenvalue weighted by Crippen LogP contribution is -2.50. The first kappa shape index (κ1) is 24.5. The molecule has 1 aromatic heterocycles. The number of ether oxygens (including phenoxy) is 2. The van der Waals surface area contributed by atoms with Gasteiger partial charge in [-0.1, -0.05) is 32.0 Å². The number of hydrogen-bond donors (Lipinski definition) is 1. The lowest BCUT2D eigenvalue weighted by Gasteiger charge is -2.37. The number of rotatable bonds is 7. The van der Waals surface area contributed by atoms with E-state index in [2.05, 4.69) is 4.98 Å². The Labute approximate surface area is 195 Å². The maximum atomic E-state index is 13.6. The summed E-state index contributed by atoms with van der Waals surface area (Å²) in [6.45, 7) is 6.21. The lowest BCUT2D eigenvalue weighted by molar-refractivity contribution is -0.131. The van der Waals surface area contributed by atoms with Gasteiger partial charge in [0.15, 0.2) is 0 Å². The van der Waals surface area contributed by atoms with Gasteiger partial charge in [-0.25, -0.2) is 4.98 Å². The van der Waals surface area contributed by atoms with Crippen LogP contribution < -0.4 is 9.47 Å². The number of aliphatic hydroxyl groups is 1. The molecule has 178 valence electrons. The average Bonchev–Trinajstić information content (AvgIpc) is 2.84. The fraction of sp³-hybridized carbons (Fsp3) is 0.480. The number of likely N-dealkylation sites (N-methyl/N-ethyl adjacent to an activating group) is 1. The number of pyridine rings is 1. The third kappa shape index (κ3) is 5.27. The summed E-state index contributed by atoms with van der Waals surface area (Å²) in [6, 6.07) is 8.90. The first-order chi connectivity index (χ1) is 15.8. The summed E-state index contributed by atoms with van der Waals surface area (Å²) >= 11 is 0. The lowest BCUT2D eigenvalue weighted by atomic mass is 9.99. The largest absolute Gasteiger partial charge is 0.496 e. The van der Waals surface area contributed by atoms with Gasteiger partial charge in [0.05, 0.1) is 26.3 Å². The molecule has 0 saturated carbocycles. The van der Waals surface area contributed by atoms with Gasteiger partial charge < -0.3 is 24.4 Å². The van der Waals surface area contributed by atoms with Crippen molar-refractivity contribution in [3.63, 3.8) is 0 Å². The zero-order valence-corrected chi connectivity index (χ0v) is 19.9. The minimum Gasteiger partial charge on any atom is -0.496 e. The topological polar surface area (TPSA) is 92.2 Å². The van der Waals surface area contributed by atoms with E-state index in [4.69, 9.17) is 9.47 Å². The molecular weight excluding hydrogens is 422 g/mol. The van der Waals surface area contributed by atoms with E-state index in [0.717, 1.165) is 11.1 Å². The summed E-state index contributed by atoms with van der Waals surface area (Å²) in [7, 11) is 3.35.